The molecule has 0 aliphatic heterocycles. The van der Waals surface area contributed by atoms with E-state index in [0.717, 1.165) is 0 Å². The van der Waals surface area contributed by atoms with Crippen molar-refractivity contribution in [3.05, 3.63) is 35.7 Å². The Bertz CT molecular complexity index is 536. The maximum atomic E-state index is 10.8. The number of hydrogen-bond acceptors (Lipinski definition) is 5. The number of benzene rings is 1. The summed E-state index contributed by atoms with van der Waals surface area (Å²) in [6.07, 6.45) is 0.283. The van der Waals surface area contributed by atoms with Crippen LogP contribution in [0.25, 0.3) is 11.5 Å². The second-order valence-electron chi connectivity index (χ2n) is 3.36. The smallest absolute Gasteiger partial charge is 0.335 e. The van der Waals surface area contributed by atoms with Crippen LogP contribution in [0.3, 0.4) is 0 Å². The Kier molecular flexibility index (Phi) is 3.15. The molecule has 0 atom stereocenters. The molecule has 88 valence electrons. The van der Waals surface area contributed by atoms with Crippen molar-refractivity contribution in [1.29, 1.82) is 0 Å². The van der Waals surface area contributed by atoms with Crippen LogP contribution in [-0.4, -0.2) is 33.0 Å². The number of carbonyl (C=O) groups is 1. The summed E-state index contributed by atoms with van der Waals surface area (Å²) in [6.45, 7) is -0.0726. The molecule has 0 unspecified atom stereocenters. The van der Waals surface area contributed by atoms with Gasteiger partial charge in [-0.15, -0.1) is 10.2 Å². The lowest BCUT2D eigenvalue weighted by molar-refractivity contribution is 0.0697. The van der Waals surface area contributed by atoms with E-state index < -0.39 is 5.97 Å². The molecule has 0 aliphatic carbocycles. The van der Waals surface area contributed by atoms with Crippen LogP contribution in [-0.2, 0) is 6.42 Å². The van der Waals surface area contributed by atoms with Gasteiger partial charge in [-0.05, 0) is 18.2 Å². The second-order valence-corrected chi connectivity index (χ2v) is 3.36. The third-order valence-electron chi connectivity index (χ3n) is 2.15. The largest absolute Gasteiger partial charge is 0.478 e. The lowest BCUT2D eigenvalue weighted by Crippen LogP contribution is -1.95. The number of aromatic nitrogens is 2. The first-order chi connectivity index (χ1) is 8.20. The van der Waals surface area contributed by atoms with Crippen LogP contribution in [0.5, 0.6) is 0 Å². The normalized spacial score (nSPS) is 10.4. The number of carboxylic acids is 1. The van der Waals surface area contributed by atoms with Gasteiger partial charge in [0.05, 0.1) is 12.2 Å². The Morgan fingerprint density at radius 3 is 2.88 bits per heavy atom. The van der Waals surface area contributed by atoms with Gasteiger partial charge in [-0.2, -0.15) is 0 Å². The van der Waals surface area contributed by atoms with E-state index in [-0.39, 0.29) is 24.5 Å². The maximum absolute atomic E-state index is 10.8. The van der Waals surface area contributed by atoms with Crippen LogP contribution < -0.4 is 0 Å². The van der Waals surface area contributed by atoms with E-state index in [1.54, 1.807) is 12.1 Å². The average molecular weight is 234 g/mol. The molecule has 0 radical (unpaired) electrons. The van der Waals surface area contributed by atoms with Crippen LogP contribution in [0.1, 0.15) is 16.2 Å². The van der Waals surface area contributed by atoms with Gasteiger partial charge in [0, 0.05) is 12.0 Å². The van der Waals surface area contributed by atoms with Crippen LogP contribution in [0.2, 0.25) is 0 Å². The Morgan fingerprint density at radius 1 is 1.35 bits per heavy atom. The minimum atomic E-state index is -1.01. The zero-order valence-corrected chi connectivity index (χ0v) is 8.83. The molecule has 0 saturated carbocycles. The van der Waals surface area contributed by atoms with E-state index in [9.17, 15) is 4.79 Å². The van der Waals surface area contributed by atoms with Gasteiger partial charge in [0.15, 0.2) is 0 Å². The monoisotopic (exact) mass is 234 g/mol. The third-order valence-corrected chi connectivity index (χ3v) is 2.15. The molecule has 0 fully saturated rings. The van der Waals surface area contributed by atoms with E-state index in [1.807, 2.05) is 0 Å². The van der Waals surface area contributed by atoms with Gasteiger partial charge in [0.1, 0.15) is 0 Å². The van der Waals surface area contributed by atoms with Crippen LogP contribution in [0.15, 0.2) is 28.7 Å². The SMILES string of the molecule is O=C(O)c1cccc(-c2nnc(CCO)o2)c1. The zero-order valence-electron chi connectivity index (χ0n) is 8.83. The van der Waals surface area contributed by atoms with E-state index in [2.05, 4.69) is 10.2 Å². The first-order valence-electron chi connectivity index (χ1n) is 4.97. The summed E-state index contributed by atoms with van der Waals surface area (Å²) in [5.41, 5.74) is 0.700. The molecule has 1 heterocycles. The van der Waals surface area contributed by atoms with E-state index in [0.29, 0.717) is 11.5 Å². The van der Waals surface area contributed by atoms with Crippen LogP contribution in [0.4, 0.5) is 0 Å². The van der Waals surface area contributed by atoms with Crippen molar-refractivity contribution in [3.8, 4) is 11.5 Å². The molecule has 0 saturated heterocycles. The molecule has 2 rings (SSSR count). The molecule has 1 aromatic heterocycles. The number of carboxylic acid groups (broad SMARTS) is 1. The van der Waals surface area contributed by atoms with Crippen molar-refractivity contribution in [2.24, 2.45) is 0 Å². The molecule has 0 amide bonds. The van der Waals surface area contributed by atoms with Gasteiger partial charge in [-0.3, -0.25) is 0 Å². The highest BCUT2D eigenvalue weighted by Gasteiger charge is 2.10. The fourth-order valence-electron chi connectivity index (χ4n) is 1.35. The topological polar surface area (TPSA) is 96.5 Å². The number of nitrogens with zero attached hydrogens (tertiary/aromatic N) is 2. The maximum Gasteiger partial charge on any atom is 0.335 e. The fraction of sp³-hybridized carbons (Fsp3) is 0.182. The minimum Gasteiger partial charge on any atom is -0.478 e. The van der Waals surface area contributed by atoms with Crippen molar-refractivity contribution < 1.29 is 19.4 Å². The first kappa shape index (κ1) is 11.3. The number of aliphatic hydroxyl groups is 1. The molecule has 0 bridgehead atoms. The van der Waals surface area contributed by atoms with Crippen LogP contribution >= 0.6 is 0 Å². The van der Waals surface area contributed by atoms with Gasteiger partial charge in [-0.25, -0.2) is 4.79 Å². The van der Waals surface area contributed by atoms with Crippen molar-refractivity contribution in [1.82, 2.24) is 10.2 Å². The van der Waals surface area contributed by atoms with Crippen molar-refractivity contribution in [3.63, 3.8) is 0 Å². The van der Waals surface area contributed by atoms with E-state index in [4.69, 9.17) is 14.6 Å². The van der Waals surface area contributed by atoms with E-state index in [1.165, 1.54) is 12.1 Å². The molecule has 0 spiro atoms. The molecule has 2 aromatic rings. The Labute approximate surface area is 96.5 Å². The molecule has 2 N–H and O–H groups in total. The standard InChI is InChI=1S/C11H10N2O4/c14-5-4-9-12-13-10(17-9)7-2-1-3-8(6-7)11(15)16/h1-3,6,14H,4-5H2,(H,15,16). The summed E-state index contributed by atoms with van der Waals surface area (Å²) in [5.74, 6) is -0.443. The number of rotatable bonds is 4. The summed E-state index contributed by atoms with van der Waals surface area (Å²) in [6, 6.07) is 6.23. The molecular weight excluding hydrogens is 224 g/mol. The van der Waals surface area contributed by atoms with Gasteiger partial charge in [0.2, 0.25) is 11.8 Å². The molecule has 1 aromatic carbocycles. The molecule has 17 heavy (non-hydrogen) atoms. The summed E-state index contributed by atoms with van der Waals surface area (Å²) >= 11 is 0. The summed E-state index contributed by atoms with van der Waals surface area (Å²) in [7, 11) is 0. The highest BCUT2D eigenvalue weighted by Crippen LogP contribution is 2.19. The van der Waals surface area contributed by atoms with Crippen molar-refractivity contribution in [2.75, 3.05) is 6.61 Å². The quantitative estimate of drug-likeness (QED) is 0.818. The lowest BCUT2D eigenvalue weighted by Gasteiger charge is -1.97. The number of aromatic carboxylic acids is 1. The predicted octanol–water partition coefficient (Wildman–Crippen LogP) is 0.970. The zero-order chi connectivity index (χ0) is 12.3. The van der Waals surface area contributed by atoms with Gasteiger partial charge in [0.25, 0.3) is 0 Å². The van der Waals surface area contributed by atoms with Gasteiger partial charge in [-0.1, -0.05) is 6.07 Å². The highest BCUT2D eigenvalue weighted by molar-refractivity contribution is 5.88. The first-order valence-corrected chi connectivity index (χ1v) is 4.97. The Morgan fingerprint density at radius 2 is 2.18 bits per heavy atom. The number of hydrogen-bond donors (Lipinski definition) is 2. The highest BCUT2D eigenvalue weighted by atomic mass is 16.4. The van der Waals surface area contributed by atoms with Crippen molar-refractivity contribution in [2.45, 2.75) is 6.42 Å². The minimum absolute atomic E-state index is 0.0726. The third kappa shape index (κ3) is 2.48. The fourth-order valence-corrected chi connectivity index (χ4v) is 1.35. The number of aliphatic hydroxyl groups excluding tert-OH is 1. The summed E-state index contributed by atoms with van der Waals surface area (Å²) in [4.78, 5) is 10.8. The summed E-state index contributed by atoms with van der Waals surface area (Å²) in [5, 5.41) is 25.1. The van der Waals surface area contributed by atoms with Gasteiger partial charge >= 0.3 is 5.97 Å². The molecular formula is C11H10N2O4. The van der Waals surface area contributed by atoms with Crippen molar-refractivity contribution >= 4 is 5.97 Å². The molecule has 6 heteroatoms. The lowest BCUT2D eigenvalue weighted by atomic mass is 10.1. The second kappa shape index (κ2) is 4.75. The predicted molar refractivity (Wildman–Crippen MR) is 57.5 cm³/mol. The average Bonchev–Trinajstić information content (AvgIpc) is 2.78. The molecule has 6 nitrogen and oxygen atoms in total. The Balaban J connectivity index is 2.32. The van der Waals surface area contributed by atoms with Crippen LogP contribution in [0, 0.1) is 0 Å². The Hall–Kier alpha value is -2.21. The van der Waals surface area contributed by atoms with Gasteiger partial charge < -0.3 is 14.6 Å². The molecule has 0 aliphatic rings. The van der Waals surface area contributed by atoms with E-state index >= 15 is 0 Å². The summed E-state index contributed by atoms with van der Waals surface area (Å²) < 4.78 is 5.27.